The molecule has 1 rings (SSSR count). The van der Waals surface area contributed by atoms with Gasteiger partial charge in [-0.25, -0.2) is 0 Å². The van der Waals surface area contributed by atoms with Gasteiger partial charge in [0.1, 0.15) is 6.07 Å². The van der Waals surface area contributed by atoms with E-state index in [1.54, 1.807) is 6.07 Å². The van der Waals surface area contributed by atoms with Crippen LogP contribution < -0.4 is 5.73 Å². The van der Waals surface area contributed by atoms with E-state index < -0.39 is 0 Å². The summed E-state index contributed by atoms with van der Waals surface area (Å²) in [6.07, 6.45) is 1.47. The second-order valence-corrected chi connectivity index (χ2v) is 2.94. The summed E-state index contributed by atoms with van der Waals surface area (Å²) in [4.78, 5) is 0. The Kier molecular flexibility index (Phi) is 2.99. The van der Waals surface area contributed by atoms with Crippen molar-refractivity contribution in [1.29, 1.82) is 5.26 Å². The molecule has 0 saturated heterocycles. The minimum Gasteiger partial charge on any atom is -0.504 e. The number of hydrogen-bond acceptors (Lipinski definition) is 4. The highest BCUT2D eigenvalue weighted by molar-refractivity contribution is 5.64. The maximum atomic E-state index is 9.21. The highest BCUT2D eigenvalue weighted by Gasteiger charge is 2.01. The van der Waals surface area contributed by atoms with Crippen LogP contribution in [0.15, 0.2) is 36.0 Å². The van der Waals surface area contributed by atoms with Crippen molar-refractivity contribution < 1.29 is 10.2 Å². The van der Waals surface area contributed by atoms with Gasteiger partial charge in [-0.15, -0.1) is 0 Å². The molecule has 0 atom stereocenters. The zero-order valence-corrected chi connectivity index (χ0v) is 7.94. The van der Waals surface area contributed by atoms with Gasteiger partial charge in [-0.3, -0.25) is 0 Å². The van der Waals surface area contributed by atoms with Gasteiger partial charge in [-0.1, -0.05) is 12.6 Å². The molecular formula is C11H10N2O2. The van der Waals surface area contributed by atoms with E-state index in [4.69, 9.17) is 16.1 Å². The Morgan fingerprint density at radius 3 is 2.53 bits per heavy atom. The molecule has 0 aliphatic heterocycles. The zero-order chi connectivity index (χ0) is 11.4. The first-order chi connectivity index (χ1) is 7.04. The van der Waals surface area contributed by atoms with E-state index in [1.807, 2.05) is 6.07 Å². The molecule has 4 nitrogen and oxygen atoms in total. The molecule has 0 unspecified atom stereocenters. The highest BCUT2D eigenvalue weighted by Crippen LogP contribution is 2.26. The number of rotatable bonds is 2. The van der Waals surface area contributed by atoms with Crippen LogP contribution in [0.1, 0.15) is 5.56 Å². The van der Waals surface area contributed by atoms with Gasteiger partial charge in [0.15, 0.2) is 11.5 Å². The normalized spacial score (nSPS) is 10.7. The fourth-order valence-corrected chi connectivity index (χ4v) is 0.994. The van der Waals surface area contributed by atoms with Crippen LogP contribution in [0.25, 0.3) is 6.08 Å². The molecule has 0 radical (unpaired) electrons. The minimum absolute atomic E-state index is 0.157. The summed E-state index contributed by atoms with van der Waals surface area (Å²) in [5.41, 5.74) is 6.31. The van der Waals surface area contributed by atoms with Crippen molar-refractivity contribution in [2.45, 2.75) is 0 Å². The first-order valence-electron chi connectivity index (χ1n) is 4.13. The van der Waals surface area contributed by atoms with E-state index in [1.165, 1.54) is 18.2 Å². The van der Waals surface area contributed by atoms with Gasteiger partial charge < -0.3 is 15.9 Å². The summed E-state index contributed by atoms with van der Waals surface area (Å²) in [6.45, 7) is 3.44. The van der Waals surface area contributed by atoms with Gasteiger partial charge in [-0.2, -0.15) is 5.26 Å². The Hall–Kier alpha value is -2.41. The lowest BCUT2D eigenvalue weighted by Gasteiger charge is -2.00. The molecule has 0 heterocycles. The monoisotopic (exact) mass is 202 g/mol. The molecule has 0 aliphatic rings. The molecule has 0 amide bonds. The van der Waals surface area contributed by atoms with Crippen LogP contribution in [0.2, 0.25) is 0 Å². The molecule has 0 fully saturated rings. The smallest absolute Gasteiger partial charge is 0.157 e. The Morgan fingerprint density at radius 2 is 2.07 bits per heavy atom. The topological polar surface area (TPSA) is 90.3 Å². The third-order valence-electron chi connectivity index (χ3n) is 1.78. The Labute approximate surface area is 87.2 Å². The molecule has 4 N–H and O–H groups in total. The Morgan fingerprint density at radius 1 is 1.40 bits per heavy atom. The summed E-state index contributed by atoms with van der Waals surface area (Å²) < 4.78 is 0. The minimum atomic E-state index is -0.247. The molecule has 76 valence electrons. The van der Waals surface area contributed by atoms with Crippen LogP contribution in [-0.2, 0) is 0 Å². The number of allylic oxidation sites excluding steroid dienone is 1. The number of hydrogen-bond donors (Lipinski definition) is 3. The number of phenolic OH excluding ortho intramolecular Hbond substituents is 2. The third-order valence-corrected chi connectivity index (χ3v) is 1.78. The largest absolute Gasteiger partial charge is 0.504 e. The molecule has 0 saturated carbocycles. The summed E-state index contributed by atoms with van der Waals surface area (Å²) in [5, 5.41) is 27.0. The molecule has 1 aromatic carbocycles. The second kappa shape index (κ2) is 4.20. The maximum absolute atomic E-state index is 9.21. The molecule has 0 aromatic heterocycles. The van der Waals surface area contributed by atoms with E-state index in [-0.39, 0.29) is 22.8 Å². The predicted octanol–water partition coefficient (Wildman–Crippen LogP) is 1.48. The second-order valence-electron chi connectivity index (χ2n) is 2.94. The summed E-state index contributed by atoms with van der Waals surface area (Å²) in [7, 11) is 0. The molecule has 0 aliphatic carbocycles. The van der Waals surface area contributed by atoms with Gasteiger partial charge in [0, 0.05) is 5.70 Å². The summed E-state index contributed by atoms with van der Waals surface area (Å²) in [6, 6.07) is 6.09. The van der Waals surface area contributed by atoms with Crippen LogP contribution in [0.5, 0.6) is 11.5 Å². The van der Waals surface area contributed by atoms with Crippen LogP contribution in [0, 0.1) is 11.3 Å². The Balaban J connectivity index is 3.14. The molecule has 15 heavy (non-hydrogen) atoms. The lowest BCUT2D eigenvalue weighted by atomic mass is 10.1. The zero-order valence-electron chi connectivity index (χ0n) is 7.94. The number of benzene rings is 1. The number of nitrogens with two attached hydrogens (primary N) is 1. The molecule has 1 aromatic rings. The van der Waals surface area contributed by atoms with Crippen molar-refractivity contribution in [3.63, 3.8) is 0 Å². The SMILES string of the molecule is C=C(N)/C(C#N)=C/c1ccc(O)c(O)c1. The van der Waals surface area contributed by atoms with Gasteiger partial charge in [0.05, 0.1) is 5.57 Å². The van der Waals surface area contributed by atoms with Gasteiger partial charge in [0.25, 0.3) is 0 Å². The standard InChI is InChI=1S/C11H10N2O2/c1-7(13)9(6-12)4-8-2-3-10(14)11(15)5-8/h2-5,14-15H,1,13H2/b9-4+. The first-order valence-corrected chi connectivity index (χ1v) is 4.13. The Bertz CT molecular complexity index is 470. The van der Waals surface area contributed by atoms with Crippen molar-refractivity contribution in [2.75, 3.05) is 0 Å². The summed E-state index contributed by atoms with van der Waals surface area (Å²) >= 11 is 0. The van der Waals surface area contributed by atoms with E-state index in [0.717, 1.165) is 0 Å². The number of nitriles is 1. The van der Waals surface area contributed by atoms with E-state index in [9.17, 15) is 5.11 Å². The van der Waals surface area contributed by atoms with Crippen molar-refractivity contribution in [2.24, 2.45) is 5.73 Å². The van der Waals surface area contributed by atoms with E-state index >= 15 is 0 Å². The van der Waals surface area contributed by atoms with Gasteiger partial charge in [0.2, 0.25) is 0 Å². The number of aromatic hydroxyl groups is 2. The van der Waals surface area contributed by atoms with Crippen molar-refractivity contribution in [3.8, 4) is 17.6 Å². The highest BCUT2D eigenvalue weighted by atomic mass is 16.3. The average Bonchev–Trinajstić information content (AvgIpc) is 2.19. The van der Waals surface area contributed by atoms with Crippen LogP contribution in [0.4, 0.5) is 0 Å². The van der Waals surface area contributed by atoms with Gasteiger partial charge >= 0.3 is 0 Å². The van der Waals surface area contributed by atoms with Crippen molar-refractivity contribution in [3.05, 3.63) is 41.6 Å². The molecular weight excluding hydrogens is 192 g/mol. The summed E-state index contributed by atoms with van der Waals surface area (Å²) in [5.74, 6) is -0.457. The predicted molar refractivity (Wildman–Crippen MR) is 56.7 cm³/mol. The molecule has 0 bridgehead atoms. The van der Waals surface area contributed by atoms with Gasteiger partial charge in [-0.05, 0) is 23.8 Å². The fourth-order valence-electron chi connectivity index (χ4n) is 0.994. The quantitative estimate of drug-likeness (QED) is 0.385. The van der Waals surface area contributed by atoms with Crippen LogP contribution in [0.3, 0.4) is 0 Å². The maximum Gasteiger partial charge on any atom is 0.157 e. The lowest BCUT2D eigenvalue weighted by Crippen LogP contribution is -1.96. The van der Waals surface area contributed by atoms with E-state index in [0.29, 0.717) is 5.56 Å². The molecule has 4 heteroatoms. The van der Waals surface area contributed by atoms with Crippen molar-refractivity contribution in [1.82, 2.24) is 0 Å². The van der Waals surface area contributed by atoms with E-state index in [2.05, 4.69) is 6.58 Å². The molecule has 0 spiro atoms. The van der Waals surface area contributed by atoms with Crippen LogP contribution >= 0.6 is 0 Å². The average molecular weight is 202 g/mol. The third kappa shape index (κ3) is 2.51. The van der Waals surface area contributed by atoms with Crippen molar-refractivity contribution >= 4 is 6.08 Å². The van der Waals surface area contributed by atoms with Crippen LogP contribution in [-0.4, -0.2) is 10.2 Å². The lowest BCUT2D eigenvalue weighted by molar-refractivity contribution is 0.403. The fraction of sp³-hybridized carbons (Fsp3) is 0. The first kappa shape index (κ1) is 10.7. The number of nitrogens with zero attached hydrogens (tertiary/aromatic N) is 1. The number of phenols is 2.